The molecule has 1 aliphatic heterocycles. The maximum Gasteiger partial charge on any atom is 0.408 e. The first-order valence-corrected chi connectivity index (χ1v) is 8.92. The number of aliphatic hydroxyl groups excluding tert-OH is 4. The Labute approximate surface area is 164 Å². The lowest BCUT2D eigenvalue weighted by molar-refractivity contribution is -0.229. The number of rotatable bonds is 7. The Balaban J connectivity index is 3.22. The minimum Gasteiger partial charge on any atom is -0.467 e. The maximum atomic E-state index is 12.3. The van der Waals surface area contributed by atoms with Gasteiger partial charge in [0.15, 0.2) is 5.60 Å². The molecule has 0 saturated carbocycles. The summed E-state index contributed by atoms with van der Waals surface area (Å²) in [5.74, 6) is -0.808. The highest BCUT2D eigenvalue weighted by atomic mass is 16.6. The van der Waals surface area contributed by atoms with E-state index in [1.54, 1.807) is 20.8 Å². The van der Waals surface area contributed by atoms with Crippen LogP contribution in [0.3, 0.4) is 0 Å². The van der Waals surface area contributed by atoms with Crippen molar-refractivity contribution >= 4 is 12.1 Å². The molecule has 1 amide bonds. The smallest absolute Gasteiger partial charge is 0.408 e. The van der Waals surface area contributed by atoms with Gasteiger partial charge in [0.1, 0.15) is 23.9 Å². The number of ether oxygens (including phenoxy) is 3. The fourth-order valence-corrected chi connectivity index (χ4v) is 3.06. The first kappa shape index (κ1) is 24.3. The van der Waals surface area contributed by atoms with Crippen LogP contribution in [-0.2, 0) is 19.0 Å². The SMILES string of the molecule is C=CCC1(C(=O)OC)CC(O)C(NC(=O)OC(C)(C)C)C([C@H](O)[C@H](O)CO)O1. The van der Waals surface area contributed by atoms with Crippen molar-refractivity contribution in [3.8, 4) is 0 Å². The summed E-state index contributed by atoms with van der Waals surface area (Å²) in [6.45, 7) is 7.70. The summed E-state index contributed by atoms with van der Waals surface area (Å²) in [5, 5.41) is 42.5. The van der Waals surface area contributed by atoms with E-state index in [1.165, 1.54) is 6.08 Å². The minimum atomic E-state index is -1.73. The summed E-state index contributed by atoms with van der Waals surface area (Å²) in [5.41, 5.74) is -2.50. The quantitative estimate of drug-likeness (QED) is 0.271. The number of alkyl carbamates (subject to hydrolysis) is 1. The van der Waals surface area contributed by atoms with Gasteiger partial charge >= 0.3 is 12.1 Å². The molecule has 0 bridgehead atoms. The summed E-state index contributed by atoms with van der Waals surface area (Å²) >= 11 is 0. The Morgan fingerprint density at radius 1 is 1.39 bits per heavy atom. The van der Waals surface area contributed by atoms with Gasteiger partial charge in [0.2, 0.25) is 0 Å². The van der Waals surface area contributed by atoms with Crippen LogP contribution >= 0.6 is 0 Å². The van der Waals surface area contributed by atoms with Crippen LogP contribution in [0.1, 0.15) is 33.6 Å². The molecule has 1 rings (SSSR count). The molecule has 28 heavy (non-hydrogen) atoms. The molecule has 0 aliphatic carbocycles. The van der Waals surface area contributed by atoms with Crippen molar-refractivity contribution in [1.29, 1.82) is 0 Å². The Bertz CT molecular complexity index is 562. The van der Waals surface area contributed by atoms with Crippen LogP contribution in [-0.4, -0.2) is 87.9 Å². The molecule has 0 aromatic rings. The average Bonchev–Trinajstić information content (AvgIpc) is 2.60. The fourth-order valence-electron chi connectivity index (χ4n) is 3.06. The largest absolute Gasteiger partial charge is 0.467 e. The zero-order valence-corrected chi connectivity index (χ0v) is 16.6. The second-order valence-electron chi connectivity index (χ2n) is 7.75. The first-order valence-electron chi connectivity index (χ1n) is 8.92. The van der Waals surface area contributed by atoms with E-state index >= 15 is 0 Å². The number of esters is 1. The molecule has 10 nitrogen and oxygen atoms in total. The lowest BCUT2D eigenvalue weighted by atomic mass is 9.82. The third kappa shape index (κ3) is 5.89. The number of nitrogens with one attached hydrogen (secondary N) is 1. The molecule has 6 atom stereocenters. The highest BCUT2D eigenvalue weighted by Crippen LogP contribution is 2.35. The molecule has 0 aromatic heterocycles. The van der Waals surface area contributed by atoms with Crippen molar-refractivity contribution < 1.29 is 44.2 Å². The van der Waals surface area contributed by atoms with E-state index in [0.29, 0.717) is 0 Å². The van der Waals surface area contributed by atoms with Gasteiger partial charge in [-0.25, -0.2) is 9.59 Å². The number of carbonyl (C=O) groups is 2. The molecular weight excluding hydrogens is 374 g/mol. The van der Waals surface area contributed by atoms with Crippen LogP contribution in [0.4, 0.5) is 4.79 Å². The Kier molecular flexibility index (Phi) is 8.39. The van der Waals surface area contributed by atoms with E-state index < -0.39 is 60.3 Å². The van der Waals surface area contributed by atoms with Crippen LogP contribution < -0.4 is 5.32 Å². The average molecular weight is 405 g/mol. The topological polar surface area (TPSA) is 155 Å². The number of methoxy groups -OCH3 is 1. The van der Waals surface area contributed by atoms with Crippen molar-refractivity contribution in [3.05, 3.63) is 12.7 Å². The predicted octanol–water partition coefficient (Wildman–Crippen LogP) is -0.768. The highest BCUT2D eigenvalue weighted by Gasteiger charge is 2.54. The summed E-state index contributed by atoms with van der Waals surface area (Å²) in [4.78, 5) is 24.5. The van der Waals surface area contributed by atoms with Crippen molar-refractivity contribution in [2.75, 3.05) is 13.7 Å². The predicted molar refractivity (Wildman–Crippen MR) is 97.3 cm³/mol. The molecule has 10 heteroatoms. The van der Waals surface area contributed by atoms with Crippen molar-refractivity contribution in [1.82, 2.24) is 5.32 Å². The molecule has 1 saturated heterocycles. The van der Waals surface area contributed by atoms with Crippen molar-refractivity contribution in [2.45, 2.75) is 75.3 Å². The van der Waals surface area contributed by atoms with Gasteiger partial charge in [-0.15, -0.1) is 6.58 Å². The van der Waals surface area contributed by atoms with E-state index in [9.17, 15) is 24.9 Å². The Morgan fingerprint density at radius 2 is 2.00 bits per heavy atom. The van der Waals surface area contributed by atoms with Crippen LogP contribution in [0, 0.1) is 0 Å². The molecule has 1 aliphatic rings. The van der Waals surface area contributed by atoms with Gasteiger partial charge in [0.05, 0.1) is 25.9 Å². The second kappa shape index (κ2) is 9.66. The summed E-state index contributed by atoms with van der Waals surface area (Å²) in [7, 11) is 1.14. The zero-order valence-electron chi connectivity index (χ0n) is 16.6. The number of hydrogen-bond donors (Lipinski definition) is 5. The minimum absolute atomic E-state index is 0.0473. The molecule has 0 radical (unpaired) electrons. The molecule has 0 aromatic carbocycles. The molecule has 5 N–H and O–H groups in total. The van der Waals surface area contributed by atoms with E-state index in [0.717, 1.165) is 7.11 Å². The summed E-state index contributed by atoms with van der Waals surface area (Å²) < 4.78 is 15.7. The Hall–Kier alpha value is -1.72. The lowest BCUT2D eigenvalue weighted by Gasteiger charge is -2.47. The highest BCUT2D eigenvalue weighted by molar-refractivity contribution is 5.80. The van der Waals surface area contributed by atoms with Gasteiger partial charge < -0.3 is 40.0 Å². The molecule has 1 fully saturated rings. The maximum absolute atomic E-state index is 12.3. The second-order valence-corrected chi connectivity index (χ2v) is 7.75. The zero-order chi connectivity index (χ0) is 21.7. The first-order chi connectivity index (χ1) is 12.9. The van der Waals surface area contributed by atoms with E-state index in [2.05, 4.69) is 11.9 Å². The Morgan fingerprint density at radius 3 is 2.46 bits per heavy atom. The van der Waals surface area contributed by atoms with E-state index in [4.69, 9.17) is 19.3 Å². The normalized spacial score (nSPS) is 30.1. The molecular formula is C18H31NO9. The van der Waals surface area contributed by atoms with Crippen LogP contribution in [0.25, 0.3) is 0 Å². The number of amides is 1. The van der Waals surface area contributed by atoms with Crippen LogP contribution in [0.2, 0.25) is 0 Å². The van der Waals surface area contributed by atoms with E-state index in [1.807, 2.05) is 0 Å². The molecule has 4 unspecified atom stereocenters. The van der Waals surface area contributed by atoms with Gasteiger partial charge in [0.25, 0.3) is 0 Å². The van der Waals surface area contributed by atoms with Crippen LogP contribution in [0.15, 0.2) is 12.7 Å². The van der Waals surface area contributed by atoms with Gasteiger partial charge in [-0.1, -0.05) is 6.08 Å². The third-order valence-corrected chi connectivity index (χ3v) is 4.30. The monoisotopic (exact) mass is 405 g/mol. The number of hydrogen-bond acceptors (Lipinski definition) is 9. The fraction of sp³-hybridized carbons (Fsp3) is 0.778. The third-order valence-electron chi connectivity index (χ3n) is 4.30. The standard InChI is InChI=1S/C18H31NO9/c1-6-7-18(15(24)26-5)8-10(21)12(19-16(25)28-17(2,3)4)14(27-18)13(23)11(22)9-20/h6,10-14,20-23H,1,7-9H2,2-5H3,(H,19,25)/t10?,11-,12?,13-,14?,18?/m1/s1. The van der Waals surface area contributed by atoms with Gasteiger partial charge in [-0.3, -0.25) is 0 Å². The molecule has 1 heterocycles. The van der Waals surface area contributed by atoms with Crippen LogP contribution in [0.5, 0.6) is 0 Å². The summed E-state index contributed by atoms with van der Waals surface area (Å²) in [6.07, 6.45) is -5.98. The lowest BCUT2D eigenvalue weighted by Crippen LogP contribution is -2.67. The molecule has 162 valence electrons. The molecule has 0 spiro atoms. The van der Waals surface area contributed by atoms with Crippen molar-refractivity contribution in [3.63, 3.8) is 0 Å². The van der Waals surface area contributed by atoms with Gasteiger partial charge in [-0.05, 0) is 20.8 Å². The van der Waals surface area contributed by atoms with Gasteiger partial charge in [0, 0.05) is 12.8 Å². The number of carbonyl (C=O) groups excluding carboxylic acids is 2. The van der Waals surface area contributed by atoms with E-state index in [-0.39, 0.29) is 12.8 Å². The van der Waals surface area contributed by atoms with Crippen molar-refractivity contribution in [2.24, 2.45) is 0 Å². The number of aliphatic hydroxyl groups is 4. The van der Waals surface area contributed by atoms with Gasteiger partial charge in [-0.2, -0.15) is 0 Å². The summed E-state index contributed by atoms with van der Waals surface area (Å²) in [6, 6.07) is -1.23.